The van der Waals surface area contributed by atoms with E-state index in [0.717, 1.165) is 0 Å². The van der Waals surface area contributed by atoms with Crippen molar-refractivity contribution in [3.05, 3.63) is 0 Å². The molecule has 3 unspecified atom stereocenters. The fourth-order valence-corrected chi connectivity index (χ4v) is 3.14. The van der Waals surface area contributed by atoms with Gasteiger partial charge < -0.3 is 5.32 Å². The summed E-state index contributed by atoms with van der Waals surface area (Å²) in [6.45, 7) is 0. The van der Waals surface area contributed by atoms with Gasteiger partial charge in [-0.15, -0.1) is 0 Å². The summed E-state index contributed by atoms with van der Waals surface area (Å²) in [5, 5.41) is 2.79. The Morgan fingerprint density at radius 2 is 1.65 bits per heavy atom. The number of nitrogens with one attached hydrogen (secondary N) is 1. The molecular formula is C13H21F6N. The third kappa shape index (κ3) is 5.50. The van der Waals surface area contributed by atoms with Crippen LogP contribution in [-0.2, 0) is 0 Å². The molecule has 1 nitrogen and oxygen atoms in total. The highest BCUT2D eigenvalue weighted by Gasteiger charge is 2.47. The zero-order valence-electron chi connectivity index (χ0n) is 11.4. The van der Waals surface area contributed by atoms with Gasteiger partial charge in [0, 0.05) is 12.5 Å². The van der Waals surface area contributed by atoms with Crippen molar-refractivity contribution in [3.63, 3.8) is 0 Å². The van der Waals surface area contributed by atoms with Crippen molar-refractivity contribution in [2.75, 3.05) is 7.05 Å². The van der Waals surface area contributed by atoms with Crippen molar-refractivity contribution < 1.29 is 26.3 Å². The van der Waals surface area contributed by atoms with Gasteiger partial charge in [0.25, 0.3) is 0 Å². The van der Waals surface area contributed by atoms with Crippen LogP contribution in [0.5, 0.6) is 0 Å². The smallest absolute Gasteiger partial charge is 0.317 e. The third-order valence-electron chi connectivity index (χ3n) is 4.10. The second-order valence-corrected chi connectivity index (χ2v) is 5.50. The molecule has 0 saturated heterocycles. The van der Waals surface area contributed by atoms with E-state index in [1.165, 1.54) is 7.05 Å². The Hall–Kier alpha value is -0.460. The van der Waals surface area contributed by atoms with Crippen molar-refractivity contribution in [2.24, 2.45) is 11.8 Å². The van der Waals surface area contributed by atoms with E-state index >= 15 is 0 Å². The first-order chi connectivity index (χ1) is 9.15. The molecule has 0 amide bonds. The molecule has 120 valence electrons. The van der Waals surface area contributed by atoms with Gasteiger partial charge in [-0.2, -0.15) is 26.3 Å². The average Bonchev–Trinajstić information content (AvgIpc) is 2.32. The maximum Gasteiger partial charge on any atom is 0.392 e. The summed E-state index contributed by atoms with van der Waals surface area (Å²) in [6, 6.07) is -0.496. The molecule has 0 spiro atoms. The quantitative estimate of drug-likeness (QED) is 0.727. The molecule has 0 bridgehead atoms. The van der Waals surface area contributed by atoms with E-state index in [-0.39, 0.29) is 19.3 Å². The van der Waals surface area contributed by atoms with Crippen LogP contribution in [0.4, 0.5) is 26.3 Å². The molecule has 1 rings (SSSR count). The number of halogens is 6. The van der Waals surface area contributed by atoms with E-state index < -0.39 is 36.7 Å². The maximum absolute atomic E-state index is 13.0. The first-order valence-electron chi connectivity index (χ1n) is 6.96. The molecule has 1 N–H and O–H groups in total. The number of hydrogen-bond acceptors (Lipinski definition) is 1. The van der Waals surface area contributed by atoms with Crippen molar-refractivity contribution in [1.29, 1.82) is 0 Å². The Labute approximate surface area is 115 Å². The lowest BCUT2D eigenvalue weighted by Crippen LogP contribution is -2.44. The Bertz CT molecular complexity index is 286. The van der Waals surface area contributed by atoms with Gasteiger partial charge in [-0.25, -0.2) is 0 Å². The molecule has 0 radical (unpaired) electrons. The second-order valence-electron chi connectivity index (χ2n) is 5.50. The molecule has 0 heterocycles. The predicted octanol–water partition coefficient (Wildman–Crippen LogP) is 4.68. The Kier molecular flexibility index (Phi) is 6.16. The van der Waals surface area contributed by atoms with Crippen LogP contribution in [-0.4, -0.2) is 25.4 Å². The Balaban J connectivity index is 2.61. The van der Waals surface area contributed by atoms with Gasteiger partial charge in [0.2, 0.25) is 0 Å². The summed E-state index contributed by atoms with van der Waals surface area (Å²) >= 11 is 0. The fourth-order valence-electron chi connectivity index (χ4n) is 3.14. The van der Waals surface area contributed by atoms with Gasteiger partial charge in [0.1, 0.15) is 0 Å². The fraction of sp³-hybridized carbons (Fsp3) is 1.00. The third-order valence-corrected chi connectivity index (χ3v) is 4.10. The van der Waals surface area contributed by atoms with Crippen LogP contribution in [0.15, 0.2) is 0 Å². The molecule has 0 aromatic heterocycles. The topological polar surface area (TPSA) is 12.0 Å². The van der Waals surface area contributed by atoms with Crippen LogP contribution in [0.1, 0.15) is 44.9 Å². The lowest BCUT2D eigenvalue weighted by Gasteiger charge is -2.38. The molecule has 3 atom stereocenters. The van der Waals surface area contributed by atoms with E-state index in [9.17, 15) is 26.3 Å². The maximum atomic E-state index is 13.0. The van der Waals surface area contributed by atoms with E-state index in [4.69, 9.17) is 0 Å². The minimum absolute atomic E-state index is 0.0889. The molecule has 7 heteroatoms. The van der Waals surface area contributed by atoms with E-state index in [0.29, 0.717) is 19.3 Å². The van der Waals surface area contributed by atoms with Crippen molar-refractivity contribution >= 4 is 0 Å². The highest BCUT2D eigenvalue weighted by Crippen LogP contribution is 2.43. The summed E-state index contributed by atoms with van der Waals surface area (Å²) in [4.78, 5) is 0. The molecular weight excluding hydrogens is 284 g/mol. The van der Waals surface area contributed by atoms with E-state index in [1.807, 2.05) is 0 Å². The lowest BCUT2D eigenvalue weighted by atomic mass is 9.73. The zero-order valence-corrected chi connectivity index (χ0v) is 11.4. The van der Waals surface area contributed by atoms with Gasteiger partial charge in [-0.3, -0.25) is 0 Å². The summed E-state index contributed by atoms with van der Waals surface area (Å²) in [7, 11) is 1.53. The number of hydrogen-bond donors (Lipinski definition) is 1. The van der Waals surface area contributed by atoms with Gasteiger partial charge in [-0.05, 0) is 38.6 Å². The van der Waals surface area contributed by atoms with Crippen molar-refractivity contribution in [1.82, 2.24) is 5.32 Å². The molecule has 0 aromatic rings. The predicted molar refractivity (Wildman–Crippen MR) is 64.3 cm³/mol. The van der Waals surface area contributed by atoms with Crippen LogP contribution in [0.2, 0.25) is 0 Å². The first-order valence-corrected chi connectivity index (χ1v) is 6.96. The molecule has 0 aliphatic heterocycles. The van der Waals surface area contributed by atoms with Gasteiger partial charge in [0.05, 0.1) is 5.92 Å². The van der Waals surface area contributed by atoms with Crippen LogP contribution in [0, 0.1) is 11.8 Å². The normalized spacial score (nSPS) is 26.6. The van der Waals surface area contributed by atoms with Crippen LogP contribution < -0.4 is 5.32 Å². The molecule has 1 aliphatic rings. The van der Waals surface area contributed by atoms with Crippen LogP contribution >= 0.6 is 0 Å². The highest BCUT2D eigenvalue weighted by atomic mass is 19.4. The Morgan fingerprint density at radius 3 is 2.15 bits per heavy atom. The lowest BCUT2D eigenvalue weighted by molar-refractivity contribution is -0.199. The highest BCUT2D eigenvalue weighted by molar-refractivity contribution is 4.88. The largest absolute Gasteiger partial charge is 0.392 e. The molecule has 20 heavy (non-hydrogen) atoms. The molecule has 1 fully saturated rings. The molecule has 0 aromatic carbocycles. The summed E-state index contributed by atoms with van der Waals surface area (Å²) < 4.78 is 75.3. The number of alkyl halides is 6. The van der Waals surface area contributed by atoms with Gasteiger partial charge in [0.15, 0.2) is 0 Å². The van der Waals surface area contributed by atoms with Gasteiger partial charge in [-0.1, -0.05) is 12.8 Å². The molecule has 1 aliphatic carbocycles. The minimum atomic E-state index is -4.26. The SMILES string of the molecule is CNC(CCCC(F)(F)F)C1CCCCC1C(F)(F)F. The summed E-state index contributed by atoms with van der Waals surface area (Å²) in [5.74, 6) is -2.00. The standard InChI is InChI=1S/C13H21F6N/c1-20-11(7-4-8-12(14,15)16)9-5-2-3-6-10(9)13(17,18)19/h9-11,20H,2-8H2,1H3. The summed E-state index contributed by atoms with van der Waals surface area (Å²) in [6.07, 6.45) is -7.65. The Morgan fingerprint density at radius 1 is 1.05 bits per heavy atom. The second kappa shape index (κ2) is 7.00. The number of rotatable bonds is 5. The monoisotopic (exact) mass is 305 g/mol. The summed E-state index contributed by atoms with van der Waals surface area (Å²) in [5.41, 5.74) is 0. The molecule has 1 saturated carbocycles. The van der Waals surface area contributed by atoms with Gasteiger partial charge >= 0.3 is 12.4 Å². The van der Waals surface area contributed by atoms with Crippen LogP contribution in [0.25, 0.3) is 0 Å². The van der Waals surface area contributed by atoms with Crippen molar-refractivity contribution in [2.45, 2.75) is 63.3 Å². The minimum Gasteiger partial charge on any atom is -0.317 e. The van der Waals surface area contributed by atoms with Crippen molar-refractivity contribution in [3.8, 4) is 0 Å². The van der Waals surface area contributed by atoms with Crippen LogP contribution in [0.3, 0.4) is 0 Å². The zero-order chi connectivity index (χ0) is 15.4. The average molecular weight is 305 g/mol. The first kappa shape index (κ1) is 17.6. The van der Waals surface area contributed by atoms with E-state index in [1.54, 1.807) is 0 Å². The van der Waals surface area contributed by atoms with E-state index in [2.05, 4.69) is 5.32 Å².